The number of rotatable bonds is 5. The molecule has 0 aliphatic carbocycles. The van der Waals surface area contributed by atoms with Crippen molar-refractivity contribution in [1.82, 2.24) is 24.5 Å². The van der Waals surface area contributed by atoms with Crippen LogP contribution in [0.1, 0.15) is 81.3 Å². The summed E-state index contributed by atoms with van der Waals surface area (Å²) in [5, 5.41) is 19.3. The minimum Gasteiger partial charge on any atom is -0.444 e. The highest BCUT2D eigenvalue weighted by Crippen LogP contribution is 2.34. The monoisotopic (exact) mass is 539 g/mol. The normalized spacial score (nSPS) is 15.2. The van der Waals surface area contributed by atoms with Gasteiger partial charge in [0.2, 0.25) is 0 Å². The van der Waals surface area contributed by atoms with Gasteiger partial charge in [-0.1, -0.05) is 18.2 Å². The first-order valence-corrected chi connectivity index (χ1v) is 13.1. The summed E-state index contributed by atoms with van der Waals surface area (Å²) in [5.74, 6) is 0.304. The van der Waals surface area contributed by atoms with Gasteiger partial charge in [-0.3, -0.25) is 4.68 Å². The fourth-order valence-corrected chi connectivity index (χ4v) is 4.92. The molecule has 0 spiro atoms. The van der Waals surface area contributed by atoms with Gasteiger partial charge in [-0.15, -0.1) is 0 Å². The number of likely N-dealkylation sites (tertiary alicyclic amines) is 1. The van der Waals surface area contributed by atoms with Crippen molar-refractivity contribution >= 4 is 11.9 Å². The van der Waals surface area contributed by atoms with Gasteiger partial charge in [-0.05, 0) is 65.0 Å². The lowest BCUT2D eigenvalue weighted by Crippen LogP contribution is -2.39. The Kier molecular flexibility index (Phi) is 8.23. The van der Waals surface area contributed by atoms with Crippen LogP contribution in [0.15, 0.2) is 30.5 Å². The summed E-state index contributed by atoms with van der Waals surface area (Å²) in [6.07, 6.45) is 1.90. The fourth-order valence-electron chi connectivity index (χ4n) is 4.92. The predicted octanol–water partition coefficient (Wildman–Crippen LogP) is 5.85. The number of nitrogens with zero attached hydrogens (tertiary/aromatic N) is 6. The smallest absolute Gasteiger partial charge is 0.410 e. The van der Waals surface area contributed by atoms with Crippen molar-refractivity contribution < 1.29 is 18.3 Å². The van der Waals surface area contributed by atoms with Crippen molar-refractivity contribution in [2.45, 2.75) is 78.0 Å². The van der Waals surface area contributed by atoms with Crippen molar-refractivity contribution in [3.63, 3.8) is 0 Å². The zero-order valence-electron chi connectivity index (χ0n) is 22.8. The number of nitriles is 1. The number of ether oxygens (including phenoxy) is 1. The second kappa shape index (κ2) is 11.4. The SMILES string of the molecule is Cc1nn(Cc2cccc(C(F)F)c2)cc1-c1nn(C2CCCN(C(=O)OC(C)(C)C)CCC2)c(N)c1C#N. The number of amides is 1. The van der Waals surface area contributed by atoms with Crippen LogP contribution in [-0.4, -0.2) is 49.2 Å². The predicted molar refractivity (Wildman–Crippen MR) is 143 cm³/mol. The van der Waals surface area contributed by atoms with Gasteiger partial charge < -0.3 is 15.4 Å². The van der Waals surface area contributed by atoms with Crippen molar-refractivity contribution in [2.24, 2.45) is 0 Å². The summed E-state index contributed by atoms with van der Waals surface area (Å²) in [6, 6.07) is 8.42. The van der Waals surface area contributed by atoms with Crippen LogP contribution >= 0.6 is 0 Å². The van der Waals surface area contributed by atoms with Crippen LogP contribution in [0.25, 0.3) is 11.3 Å². The van der Waals surface area contributed by atoms with E-state index >= 15 is 0 Å². The number of benzene rings is 1. The van der Waals surface area contributed by atoms with E-state index in [1.165, 1.54) is 12.1 Å². The lowest BCUT2D eigenvalue weighted by atomic mass is 10.0. The largest absolute Gasteiger partial charge is 0.444 e. The van der Waals surface area contributed by atoms with Gasteiger partial charge in [0.15, 0.2) is 0 Å². The van der Waals surface area contributed by atoms with Crippen LogP contribution in [0.3, 0.4) is 0 Å². The molecule has 39 heavy (non-hydrogen) atoms. The number of hydrogen-bond acceptors (Lipinski definition) is 6. The van der Waals surface area contributed by atoms with Crippen LogP contribution < -0.4 is 5.73 Å². The highest BCUT2D eigenvalue weighted by atomic mass is 19.3. The third-order valence-electron chi connectivity index (χ3n) is 6.74. The number of anilines is 1. The minimum absolute atomic E-state index is 0.0147. The number of alkyl halides is 2. The molecule has 1 aliphatic heterocycles. The van der Waals surface area contributed by atoms with Gasteiger partial charge in [0.05, 0.1) is 18.3 Å². The summed E-state index contributed by atoms with van der Waals surface area (Å²) >= 11 is 0. The second-order valence-electron chi connectivity index (χ2n) is 10.9. The summed E-state index contributed by atoms with van der Waals surface area (Å²) < 4.78 is 35.2. The maximum Gasteiger partial charge on any atom is 0.410 e. The Morgan fingerprint density at radius 3 is 2.54 bits per heavy atom. The topological polar surface area (TPSA) is 115 Å². The first kappa shape index (κ1) is 28.1. The molecule has 11 heteroatoms. The van der Waals surface area contributed by atoms with Crippen molar-refractivity contribution in [2.75, 3.05) is 18.8 Å². The number of hydrogen-bond donors (Lipinski definition) is 1. The standard InChI is InChI=1S/C28H35F2N7O2/c1-18-23(17-36(33-18)16-19-8-5-9-20(14-19)25(29)30)24-22(15-31)26(32)37(34-24)21-10-6-12-35(13-7-11-21)27(38)39-28(2,3)4/h5,8-9,14,17,21,25H,6-7,10-13,16,32H2,1-4H3. The van der Waals surface area contributed by atoms with Crippen LogP contribution in [0.4, 0.5) is 19.4 Å². The first-order valence-electron chi connectivity index (χ1n) is 13.1. The molecule has 208 valence electrons. The summed E-state index contributed by atoms with van der Waals surface area (Å²) in [5.41, 5.74) is 8.62. The molecule has 1 amide bonds. The minimum atomic E-state index is -2.54. The Morgan fingerprint density at radius 1 is 1.23 bits per heavy atom. The van der Waals surface area contributed by atoms with E-state index in [4.69, 9.17) is 15.6 Å². The number of halogens is 2. The number of carbonyl (C=O) groups is 1. The van der Waals surface area contributed by atoms with E-state index < -0.39 is 12.0 Å². The Balaban J connectivity index is 1.52. The van der Waals surface area contributed by atoms with E-state index in [1.807, 2.05) is 27.7 Å². The van der Waals surface area contributed by atoms with E-state index in [0.29, 0.717) is 48.0 Å². The molecule has 0 bridgehead atoms. The molecule has 1 aliphatic rings. The molecule has 3 aromatic rings. The number of carbonyl (C=O) groups excluding carboxylic acids is 1. The van der Waals surface area contributed by atoms with Gasteiger partial charge >= 0.3 is 6.09 Å². The first-order chi connectivity index (χ1) is 18.5. The Bertz CT molecular complexity index is 1360. The summed E-state index contributed by atoms with van der Waals surface area (Å²) in [7, 11) is 0. The maximum absolute atomic E-state index is 13.1. The van der Waals surface area contributed by atoms with Gasteiger partial charge in [-0.2, -0.15) is 15.5 Å². The Morgan fingerprint density at radius 2 is 1.92 bits per heavy atom. The molecule has 4 rings (SSSR count). The molecule has 0 unspecified atom stereocenters. The van der Waals surface area contributed by atoms with E-state index in [1.54, 1.807) is 32.6 Å². The maximum atomic E-state index is 13.1. The Labute approximate surface area is 227 Å². The van der Waals surface area contributed by atoms with Crippen molar-refractivity contribution in [1.29, 1.82) is 5.26 Å². The van der Waals surface area contributed by atoms with Gasteiger partial charge in [0.1, 0.15) is 28.7 Å². The molecular formula is C28H35F2N7O2. The number of nitrogens with two attached hydrogens (primary N) is 1. The zero-order valence-corrected chi connectivity index (χ0v) is 22.8. The highest BCUT2D eigenvalue weighted by molar-refractivity contribution is 5.73. The molecule has 1 aromatic carbocycles. The lowest BCUT2D eigenvalue weighted by Gasteiger charge is -2.30. The van der Waals surface area contributed by atoms with E-state index in [2.05, 4.69) is 11.2 Å². The molecule has 2 N–H and O–H groups in total. The highest BCUT2D eigenvalue weighted by Gasteiger charge is 2.28. The van der Waals surface area contributed by atoms with Crippen molar-refractivity contribution in [3.8, 4) is 17.3 Å². The molecular weight excluding hydrogens is 504 g/mol. The molecule has 0 radical (unpaired) electrons. The third kappa shape index (κ3) is 6.56. The second-order valence-corrected chi connectivity index (χ2v) is 10.9. The molecule has 2 aromatic heterocycles. The van der Waals surface area contributed by atoms with Gasteiger partial charge in [0, 0.05) is 30.4 Å². The molecule has 1 fully saturated rings. The molecule has 9 nitrogen and oxygen atoms in total. The van der Waals surface area contributed by atoms with E-state index in [0.717, 1.165) is 25.7 Å². The van der Waals surface area contributed by atoms with Gasteiger partial charge in [0.25, 0.3) is 6.43 Å². The van der Waals surface area contributed by atoms with Crippen LogP contribution in [0.5, 0.6) is 0 Å². The molecule has 1 saturated heterocycles. The average Bonchev–Trinajstić information content (AvgIpc) is 3.36. The van der Waals surface area contributed by atoms with Crippen LogP contribution in [0, 0.1) is 18.3 Å². The fraction of sp³-hybridized carbons (Fsp3) is 0.500. The lowest BCUT2D eigenvalue weighted by molar-refractivity contribution is 0.0228. The van der Waals surface area contributed by atoms with Crippen LogP contribution in [-0.2, 0) is 11.3 Å². The number of nitrogen functional groups attached to an aromatic ring is 1. The average molecular weight is 540 g/mol. The number of aromatic nitrogens is 4. The zero-order chi connectivity index (χ0) is 28.3. The summed E-state index contributed by atoms with van der Waals surface area (Å²) in [4.78, 5) is 14.3. The third-order valence-corrected chi connectivity index (χ3v) is 6.74. The molecule has 0 saturated carbocycles. The van der Waals surface area contributed by atoms with E-state index in [9.17, 15) is 18.8 Å². The quantitative estimate of drug-likeness (QED) is 0.435. The summed E-state index contributed by atoms with van der Waals surface area (Å²) in [6.45, 7) is 8.83. The van der Waals surface area contributed by atoms with Crippen LogP contribution in [0.2, 0.25) is 0 Å². The molecule has 0 atom stereocenters. The number of aryl methyl sites for hydroxylation is 1. The van der Waals surface area contributed by atoms with E-state index in [-0.39, 0.29) is 23.3 Å². The Hall–Kier alpha value is -3.94. The molecule has 3 heterocycles. The van der Waals surface area contributed by atoms with Gasteiger partial charge in [-0.25, -0.2) is 18.3 Å². The van der Waals surface area contributed by atoms with Crippen molar-refractivity contribution in [3.05, 3.63) is 52.8 Å².